The molecule has 24 heavy (non-hydrogen) atoms. The minimum Gasteiger partial charge on any atom is -0.349 e. The van der Waals surface area contributed by atoms with Crippen molar-refractivity contribution in [3.8, 4) is 0 Å². The molecule has 5 heteroatoms. The second-order valence-electron chi connectivity index (χ2n) is 5.80. The molecule has 0 radical (unpaired) electrons. The second-order valence-corrected chi connectivity index (χ2v) is 5.80. The van der Waals surface area contributed by atoms with Crippen LogP contribution in [0.2, 0.25) is 0 Å². The molecule has 0 fully saturated rings. The Bertz CT molecular complexity index is 903. The number of nitrogens with zero attached hydrogens (tertiary/aromatic N) is 2. The van der Waals surface area contributed by atoms with Gasteiger partial charge in [-0.05, 0) is 37.5 Å². The van der Waals surface area contributed by atoms with E-state index in [1.165, 1.54) is 16.2 Å². The van der Waals surface area contributed by atoms with E-state index in [0.29, 0.717) is 5.65 Å². The van der Waals surface area contributed by atoms with E-state index < -0.39 is 0 Å². The molecule has 1 amide bonds. The summed E-state index contributed by atoms with van der Waals surface area (Å²) in [5.41, 5.74) is 1.46. The van der Waals surface area contributed by atoms with Gasteiger partial charge in [0, 0.05) is 18.4 Å². The fourth-order valence-electron chi connectivity index (χ4n) is 2.58. The number of amides is 1. The topological polar surface area (TPSA) is 63.5 Å². The van der Waals surface area contributed by atoms with E-state index in [1.807, 2.05) is 25.1 Å². The third kappa shape index (κ3) is 3.51. The van der Waals surface area contributed by atoms with Gasteiger partial charge in [-0.15, -0.1) is 0 Å². The van der Waals surface area contributed by atoms with Crippen molar-refractivity contribution in [2.24, 2.45) is 0 Å². The van der Waals surface area contributed by atoms with Crippen LogP contribution in [0.4, 0.5) is 0 Å². The minimum absolute atomic E-state index is 0.0337. The van der Waals surface area contributed by atoms with Crippen molar-refractivity contribution in [3.05, 3.63) is 82.4 Å². The molecule has 0 aliphatic rings. The summed E-state index contributed by atoms with van der Waals surface area (Å²) in [5, 5.41) is 2.88. The molecular formula is C19H19N3O2. The summed E-state index contributed by atoms with van der Waals surface area (Å²) in [4.78, 5) is 28.9. The van der Waals surface area contributed by atoms with Gasteiger partial charge in [0.25, 0.3) is 11.5 Å². The van der Waals surface area contributed by atoms with E-state index in [2.05, 4.69) is 22.4 Å². The maximum atomic E-state index is 12.4. The van der Waals surface area contributed by atoms with Gasteiger partial charge in [0.2, 0.25) is 0 Å². The Morgan fingerprint density at radius 2 is 1.92 bits per heavy atom. The van der Waals surface area contributed by atoms with Gasteiger partial charge in [-0.1, -0.05) is 36.4 Å². The van der Waals surface area contributed by atoms with Crippen molar-refractivity contribution in [2.45, 2.75) is 25.8 Å². The Labute approximate surface area is 140 Å². The van der Waals surface area contributed by atoms with Gasteiger partial charge in [0.05, 0.1) is 0 Å². The normalized spacial score (nSPS) is 12.0. The molecule has 1 unspecified atom stereocenters. The van der Waals surface area contributed by atoms with Crippen LogP contribution in [0, 0.1) is 0 Å². The second kappa shape index (κ2) is 7.08. The molecule has 1 atom stereocenters. The number of nitrogens with one attached hydrogen (secondary N) is 1. The maximum Gasteiger partial charge on any atom is 0.270 e. The number of hydrogen-bond donors (Lipinski definition) is 1. The van der Waals surface area contributed by atoms with Crippen molar-refractivity contribution in [1.29, 1.82) is 0 Å². The molecule has 122 valence electrons. The number of carbonyl (C=O) groups excluding carboxylic acids is 1. The number of aromatic nitrogens is 2. The van der Waals surface area contributed by atoms with Gasteiger partial charge in [0.15, 0.2) is 0 Å². The molecular weight excluding hydrogens is 302 g/mol. The Balaban J connectivity index is 1.68. The Morgan fingerprint density at radius 1 is 1.17 bits per heavy atom. The Kier molecular flexibility index (Phi) is 4.70. The first-order valence-electron chi connectivity index (χ1n) is 7.96. The van der Waals surface area contributed by atoms with Gasteiger partial charge in [-0.2, -0.15) is 0 Å². The van der Waals surface area contributed by atoms with E-state index in [0.717, 1.165) is 12.8 Å². The molecule has 0 saturated heterocycles. The SMILES string of the molecule is CC(CCc1ccccc1)NC(=O)c1cnc2ccccn2c1=O. The minimum atomic E-state index is -0.383. The maximum absolute atomic E-state index is 12.4. The van der Waals surface area contributed by atoms with E-state index in [-0.39, 0.29) is 23.1 Å². The van der Waals surface area contributed by atoms with Crippen molar-refractivity contribution in [3.63, 3.8) is 0 Å². The fourth-order valence-corrected chi connectivity index (χ4v) is 2.58. The summed E-state index contributed by atoms with van der Waals surface area (Å²) in [6, 6.07) is 15.3. The smallest absolute Gasteiger partial charge is 0.270 e. The van der Waals surface area contributed by atoms with Crippen LogP contribution in [0.1, 0.15) is 29.3 Å². The predicted molar refractivity (Wildman–Crippen MR) is 93.2 cm³/mol. The van der Waals surface area contributed by atoms with Gasteiger partial charge in [-0.25, -0.2) is 4.98 Å². The number of pyridine rings is 1. The molecule has 3 aromatic rings. The zero-order valence-electron chi connectivity index (χ0n) is 13.5. The van der Waals surface area contributed by atoms with Crippen LogP contribution in [0.15, 0.2) is 65.7 Å². The number of benzene rings is 1. The lowest BCUT2D eigenvalue weighted by Crippen LogP contribution is -2.37. The van der Waals surface area contributed by atoms with E-state index >= 15 is 0 Å². The van der Waals surface area contributed by atoms with Crippen molar-refractivity contribution in [2.75, 3.05) is 0 Å². The van der Waals surface area contributed by atoms with Crippen LogP contribution in [0.3, 0.4) is 0 Å². The van der Waals surface area contributed by atoms with Gasteiger partial charge >= 0.3 is 0 Å². The molecule has 0 spiro atoms. The molecule has 2 heterocycles. The van der Waals surface area contributed by atoms with Crippen molar-refractivity contribution in [1.82, 2.24) is 14.7 Å². The molecule has 1 aromatic carbocycles. The van der Waals surface area contributed by atoms with Crippen LogP contribution < -0.4 is 10.9 Å². The number of rotatable bonds is 5. The fraction of sp³-hybridized carbons (Fsp3) is 0.211. The summed E-state index contributed by atoms with van der Waals surface area (Å²) in [7, 11) is 0. The summed E-state index contributed by atoms with van der Waals surface area (Å²) >= 11 is 0. The third-order valence-electron chi connectivity index (χ3n) is 3.94. The van der Waals surface area contributed by atoms with Crippen LogP contribution >= 0.6 is 0 Å². The zero-order valence-corrected chi connectivity index (χ0v) is 13.5. The van der Waals surface area contributed by atoms with Crippen molar-refractivity contribution >= 4 is 11.6 Å². The molecule has 2 aromatic heterocycles. The van der Waals surface area contributed by atoms with E-state index in [1.54, 1.807) is 24.4 Å². The van der Waals surface area contributed by atoms with Crippen LogP contribution in [0.25, 0.3) is 5.65 Å². The third-order valence-corrected chi connectivity index (χ3v) is 3.94. The summed E-state index contributed by atoms with van der Waals surface area (Å²) < 4.78 is 1.38. The number of hydrogen-bond acceptors (Lipinski definition) is 3. The van der Waals surface area contributed by atoms with Gasteiger partial charge in [-0.3, -0.25) is 14.0 Å². The highest BCUT2D eigenvalue weighted by Crippen LogP contribution is 2.05. The van der Waals surface area contributed by atoms with Crippen LogP contribution in [-0.4, -0.2) is 21.3 Å². The first-order valence-corrected chi connectivity index (χ1v) is 7.96. The molecule has 0 aliphatic carbocycles. The lowest BCUT2D eigenvalue weighted by molar-refractivity contribution is 0.0936. The highest BCUT2D eigenvalue weighted by Gasteiger charge is 2.15. The molecule has 1 N–H and O–H groups in total. The quantitative estimate of drug-likeness (QED) is 0.785. The van der Waals surface area contributed by atoms with Gasteiger partial charge < -0.3 is 5.32 Å². The number of aryl methyl sites for hydroxylation is 1. The van der Waals surface area contributed by atoms with Gasteiger partial charge in [0.1, 0.15) is 11.2 Å². The number of carbonyl (C=O) groups is 1. The standard InChI is InChI=1S/C19H19N3O2/c1-14(10-11-15-7-3-2-4-8-15)21-18(23)16-13-20-17-9-5-6-12-22(17)19(16)24/h2-9,12-14H,10-11H2,1H3,(H,21,23). The summed E-state index contributed by atoms with van der Waals surface area (Å²) in [5.74, 6) is -0.383. The first kappa shape index (κ1) is 15.9. The lowest BCUT2D eigenvalue weighted by Gasteiger charge is -2.13. The predicted octanol–water partition coefficient (Wildman–Crippen LogP) is 2.45. The van der Waals surface area contributed by atoms with Crippen LogP contribution in [-0.2, 0) is 6.42 Å². The monoisotopic (exact) mass is 321 g/mol. The highest BCUT2D eigenvalue weighted by molar-refractivity contribution is 5.93. The van der Waals surface area contributed by atoms with E-state index in [9.17, 15) is 9.59 Å². The molecule has 5 nitrogen and oxygen atoms in total. The Morgan fingerprint density at radius 3 is 2.71 bits per heavy atom. The number of fused-ring (bicyclic) bond motifs is 1. The largest absolute Gasteiger partial charge is 0.349 e. The molecule has 0 bridgehead atoms. The zero-order chi connectivity index (χ0) is 16.9. The summed E-state index contributed by atoms with van der Waals surface area (Å²) in [6.45, 7) is 1.94. The average Bonchev–Trinajstić information content (AvgIpc) is 2.61. The van der Waals surface area contributed by atoms with E-state index in [4.69, 9.17) is 0 Å². The summed E-state index contributed by atoms with van der Waals surface area (Å²) in [6.07, 6.45) is 4.63. The highest BCUT2D eigenvalue weighted by atomic mass is 16.2. The van der Waals surface area contributed by atoms with Crippen LogP contribution in [0.5, 0.6) is 0 Å². The average molecular weight is 321 g/mol. The van der Waals surface area contributed by atoms with Crippen molar-refractivity contribution < 1.29 is 4.79 Å². The Hall–Kier alpha value is -2.95. The molecule has 0 aliphatic heterocycles. The molecule has 3 rings (SSSR count). The molecule has 0 saturated carbocycles. The lowest BCUT2D eigenvalue weighted by atomic mass is 10.1. The first-order chi connectivity index (χ1) is 11.6.